The molecule has 4 rings (SSSR count). The van der Waals surface area contributed by atoms with Crippen molar-refractivity contribution >= 4 is 5.71 Å². The first-order chi connectivity index (χ1) is 16.8. The number of nitrogens with one attached hydrogen (secondary N) is 1. The molecule has 184 valence electrons. The summed E-state index contributed by atoms with van der Waals surface area (Å²) in [7, 11) is 0. The minimum Gasteiger partial charge on any atom is -0.504 e. The molecule has 3 aromatic carbocycles. The first-order valence-electron chi connectivity index (χ1n) is 11.5. The van der Waals surface area contributed by atoms with Gasteiger partial charge >= 0.3 is 6.18 Å². The molecule has 0 fully saturated rings. The van der Waals surface area contributed by atoms with Crippen molar-refractivity contribution in [3.8, 4) is 17.2 Å². The Morgan fingerprint density at radius 2 is 1.63 bits per heavy atom. The zero-order chi connectivity index (χ0) is 25.0. The van der Waals surface area contributed by atoms with Crippen LogP contribution in [0, 0.1) is 0 Å². The van der Waals surface area contributed by atoms with E-state index in [1.165, 1.54) is 12.1 Å². The van der Waals surface area contributed by atoms with Gasteiger partial charge in [0.25, 0.3) is 0 Å². The van der Waals surface area contributed by atoms with Gasteiger partial charge in [-0.25, -0.2) is 0 Å². The lowest BCUT2D eigenvalue weighted by Crippen LogP contribution is -2.33. The lowest BCUT2D eigenvalue weighted by atomic mass is 9.93. The number of para-hydroxylation sites is 1. The van der Waals surface area contributed by atoms with E-state index in [0.717, 1.165) is 29.2 Å². The SMILES string of the molecule is CCOc1ccc(C2=NC(c3ccc(C(F)(F)F)cc3)NC(c3cccc(OCC)c3O)C2)cc1. The van der Waals surface area contributed by atoms with Crippen LogP contribution in [0.1, 0.15) is 54.7 Å². The van der Waals surface area contributed by atoms with Crippen LogP contribution in [0.15, 0.2) is 71.7 Å². The van der Waals surface area contributed by atoms with Gasteiger partial charge < -0.3 is 14.6 Å². The minimum absolute atomic E-state index is 0.0333. The second kappa shape index (κ2) is 10.4. The summed E-state index contributed by atoms with van der Waals surface area (Å²) < 4.78 is 50.3. The van der Waals surface area contributed by atoms with Crippen molar-refractivity contribution in [3.63, 3.8) is 0 Å². The molecular formula is C27H27F3N2O3. The quantitative estimate of drug-likeness (QED) is 0.406. The second-order valence-electron chi connectivity index (χ2n) is 8.11. The lowest BCUT2D eigenvalue weighted by Gasteiger charge is -2.31. The van der Waals surface area contributed by atoms with Gasteiger partial charge in [0.2, 0.25) is 0 Å². The number of rotatable bonds is 7. The largest absolute Gasteiger partial charge is 0.504 e. The van der Waals surface area contributed by atoms with Gasteiger partial charge in [-0.05, 0) is 67.4 Å². The first-order valence-corrected chi connectivity index (χ1v) is 11.5. The van der Waals surface area contributed by atoms with Crippen LogP contribution in [0.25, 0.3) is 0 Å². The van der Waals surface area contributed by atoms with Crippen LogP contribution in [-0.2, 0) is 6.18 Å². The Kier molecular flexibility index (Phi) is 7.31. The summed E-state index contributed by atoms with van der Waals surface area (Å²) in [6.45, 7) is 4.70. The van der Waals surface area contributed by atoms with E-state index in [1.807, 2.05) is 38.1 Å². The van der Waals surface area contributed by atoms with E-state index < -0.39 is 17.9 Å². The van der Waals surface area contributed by atoms with Gasteiger partial charge in [0.05, 0.1) is 18.8 Å². The molecule has 2 unspecified atom stereocenters. The summed E-state index contributed by atoms with van der Waals surface area (Å²) in [6.07, 6.45) is -4.55. The van der Waals surface area contributed by atoms with Gasteiger partial charge in [-0.1, -0.05) is 24.3 Å². The molecule has 0 aliphatic carbocycles. The smallest absolute Gasteiger partial charge is 0.416 e. The standard InChI is InChI=1S/C27H27F3N2O3/c1-3-34-20-14-10-17(11-15-20)22-16-23(21-6-5-7-24(25(21)33)35-4-2)32-26(31-22)18-8-12-19(13-9-18)27(28,29)30/h5-15,23,26,32-33H,3-4,16H2,1-2H3. The van der Waals surface area contributed by atoms with Gasteiger partial charge in [-0.3, -0.25) is 10.3 Å². The summed E-state index contributed by atoms with van der Waals surface area (Å²) in [5, 5.41) is 14.2. The van der Waals surface area contributed by atoms with Crippen LogP contribution in [0.2, 0.25) is 0 Å². The van der Waals surface area contributed by atoms with E-state index >= 15 is 0 Å². The molecule has 2 atom stereocenters. The molecule has 3 aromatic rings. The fourth-order valence-corrected chi connectivity index (χ4v) is 4.11. The molecule has 0 amide bonds. The highest BCUT2D eigenvalue weighted by atomic mass is 19.4. The molecule has 2 N–H and O–H groups in total. The predicted octanol–water partition coefficient (Wildman–Crippen LogP) is 6.43. The third kappa shape index (κ3) is 5.59. The van der Waals surface area contributed by atoms with Crippen LogP contribution in [-0.4, -0.2) is 24.0 Å². The Hall–Kier alpha value is -3.52. The zero-order valence-electron chi connectivity index (χ0n) is 19.5. The van der Waals surface area contributed by atoms with E-state index in [9.17, 15) is 18.3 Å². The highest BCUT2D eigenvalue weighted by Crippen LogP contribution is 2.39. The molecule has 0 saturated heterocycles. The van der Waals surface area contributed by atoms with Crippen molar-refractivity contribution in [2.45, 2.75) is 38.7 Å². The summed E-state index contributed by atoms with van der Waals surface area (Å²) in [4.78, 5) is 4.82. The number of phenols is 1. The fourth-order valence-electron chi connectivity index (χ4n) is 4.11. The monoisotopic (exact) mass is 484 g/mol. The molecule has 0 bridgehead atoms. The number of alkyl halides is 3. The Morgan fingerprint density at radius 1 is 0.943 bits per heavy atom. The molecule has 5 nitrogen and oxygen atoms in total. The van der Waals surface area contributed by atoms with Crippen LogP contribution in [0.4, 0.5) is 13.2 Å². The molecular weight excluding hydrogens is 457 g/mol. The molecule has 0 spiro atoms. The molecule has 1 aliphatic rings. The topological polar surface area (TPSA) is 63.1 Å². The number of ether oxygens (including phenoxy) is 2. The zero-order valence-corrected chi connectivity index (χ0v) is 19.5. The summed E-state index contributed by atoms with van der Waals surface area (Å²) in [5.74, 6) is 1.15. The van der Waals surface area contributed by atoms with E-state index in [1.54, 1.807) is 18.2 Å². The van der Waals surface area contributed by atoms with Crippen molar-refractivity contribution in [1.29, 1.82) is 0 Å². The van der Waals surface area contributed by atoms with Gasteiger partial charge in [-0.2, -0.15) is 13.2 Å². The number of halogens is 3. The van der Waals surface area contributed by atoms with Crippen LogP contribution in [0.5, 0.6) is 17.2 Å². The van der Waals surface area contributed by atoms with Crippen molar-refractivity contribution in [3.05, 3.63) is 89.0 Å². The number of aromatic hydroxyl groups is 1. The van der Waals surface area contributed by atoms with E-state index in [4.69, 9.17) is 14.5 Å². The lowest BCUT2D eigenvalue weighted by molar-refractivity contribution is -0.137. The van der Waals surface area contributed by atoms with E-state index in [0.29, 0.717) is 36.5 Å². The van der Waals surface area contributed by atoms with Crippen molar-refractivity contribution < 1.29 is 27.8 Å². The molecule has 1 aliphatic heterocycles. The summed E-state index contributed by atoms with van der Waals surface area (Å²) in [6, 6.07) is 17.5. The Bertz CT molecular complexity index is 1180. The fraction of sp³-hybridized carbons (Fsp3) is 0.296. The number of phenolic OH excluding ortho intramolecular Hbond substituents is 1. The highest BCUT2D eigenvalue weighted by Gasteiger charge is 2.32. The highest BCUT2D eigenvalue weighted by molar-refractivity contribution is 6.01. The van der Waals surface area contributed by atoms with Gasteiger partial charge in [-0.15, -0.1) is 0 Å². The Morgan fingerprint density at radius 3 is 2.26 bits per heavy atom. The maximum atomic E-state index is 13.1. The Balaban J connectivity index is 1.72. The van der Waals surface area contributed by atoms with Crippen LogP contribution in [0.3, 0.4) is 0 Å². The van der Waals surface area contributed by atoms with Crippen LogP contribution >= 0.6 is 0 Å². The molecule has 35 heavy (non-hydrogen) atoms. The van der Waals surface area contributed by atoms with Crippen molar-refractivity contribution in [1.82, 2.24) is 5.32 Å². The normalized spacial score (nSPS) is 18.1. The first kappa shape index (κ1) is 24.6. The van der Waals surface area contributed by atoms with Gasteiger partial charge in [0, 0.05) is 23.7 Å². The molecule has 0 aromatic heterocycles. The van der Waals surface area contributed by atoms with Crippen LogP contribution < -0.4 is 14.8 Å². The third-order valence-electron chi connectivity index (χ3n) is 5.80. The molecule has 0 radical (unpaired) electrons. The maximum Gasteiger partial charge on any atom is 0.416 e. The molecule has 1 heterocycles. The average molecular weight is 485 g/mol. The average Bonchev–Trinajstić information content (AvgIpc) is 2.85. The number of hydrogen-bond donors (Lipinski definition) is 2. The summed E-state index contributed by atoms with van der Waals surface area (Å²) in [5.41, 5.74) is 2.14. The van der Waals surface area contributed by atoms with Crippen molar-refractivity contribution in [2.24, 2.45) is 4.99 Å². The summed E-state index contributed by atoms with van der Waals surface area (Å²) >= 11 is 0. The Labute approximate surface area is 202 Å². The maximum absolute atomic E-state index is 13.1. The van der Waals surface area contributed by atoms with Gasteiger partial charge in [0.15, 0.2) is 11.5 Å². The van der Waals surface area contributed by atoms with Crippen molar-refractivity contribution in [2.75, 3.05) is 13.2 Å². The van der Waals surface area contributed by atoms with E-state index in [2.05, 4.69) is 5.32 Å². The van der Waals surface area contributed by atoms with Gasteiger partial charge in [0.1, 0.15) is 11.9 Å². The number of nitrogens with zero attached hydrogens (tertiary/aromatic N) is 1. The molecule has 0 saturated carbocycles. The number of aliphatic imine (C=N–C) groups is 1. The second-order valence-corrected chi connectivity index (χ2v) is 8.11. The molecule has 8 heteroatoms. The number of hydrogen-bond acceptors (Lipinski definition) is 5. The predicted molar refractivity (Wildman–Crippen MR) is 128 cm³/mol. The number of benzene rings is 3. The van der Waals surface area contributed by atoms with E-state index in [-0.39, 0.29) is 11.8 Å². The third-order valence-corrected chi connectivity index (χ3v) is 5.80. The minimum atomic E-state index is -4.41.